The Morgan fingerprint density at radius 1 is 1.43 bits per heavy atom. The Morgan fingerprint density at radius 2 is 2.10 bits per heavy atom. The molecule has 0 amide bonds. The minimum absolute atomic E-state index is 0.209. The van der Waals surface area contributed by atoms with Crippen molar-refractivity contribution in [2.24, 2.45) is 7.05 Å². The summed E-state index contributed by atoms with van der Waals surface area (Å²) in [7, 11) is -0.288. The molecule has 1 heterocycles. The third kappa shape index (κ3) is 3.28. The minimum atomic E-state index is -3.62. The number of nitrogen functional groups attached to an aromatic ring is 1. The Bertz CT molecular complexity index is 770. The molecule has 114 valence electrons. The molecule has 0 radical (unpaired) electrons. The van der Waals surface area contributed by atoms with E-state index in [1.807, 2.05) is 0 Å². The van der Waals surface area contributed by atoms with Crippen molar-refractivity contribution in [3.63, 3.8) is 0 Å². The molecule has 0 aliphatic rings. The van der Waals surface area contributed by atoms with Crippen LogP contribution >= 0.6 is 15.9 Å². The van der Waals surface area contributed by atoms with E-state index >= 15 is 0 Å². The van der Waals surface area contributed by atoms with E-state index in [1.165, 1.54) is 4.31 Å². The number of anilines is 1. The topological polar surface area (TPSA) is 81.2 Å². The first-order valence-electron chi connectivity index (χ1n) is 6.21. The van der Waals surface area contributed by atoms with E-state index in [0.29, 0.717) is 15.7 Å². The fraction of sp³-hybridized carbons (Fsp3) is 0.308. The quantitative estimate of drug-likeness (QED) is 0.830. The molecule has 0 saturated heterocycles. The largest absolute Gasteiger partial charge is 0.398 e. The number of aromatic nitrogens is 2. The third-order valence-electron chi connectivity index (χ3n) is 3.22. The Hall–Kier alpha value is -1.38. The van der Waals surface area contributed by atoms with Gasteiger partial charge in [0.15, 0.2) is 0 Å². The molecular weight excluding hydrogens is 356 g/mol. The highest BCUT2D eigenvalue weighted by molar-refractivity contribution is 9.10. The Morgan fingerprint density at radius 3 is 2.67 bits per heavy atom. The first-order chi connectivity index (χ1) is 9.71. The van der Waals surface area contributed by atoms with Crippen molar-refractivity contribution in [2.75, 3.05) is 12.8 Å². The van der Waals surface area contributed by atoms with Gasteiger partial charge in [-0.15, -0.1) is 0 Å². The van der Waals surface area contributed by atoms with Crippen molar-refractivity contribution in [3.05, 3.63) is 40.1 Å². The number of hydrogen-bond donors (Lipinski definition) is 1. The van der Waals surface area contributed by atoms with Crippen LogP contribution in [0.4, 0.5) is 5.69 Å². The van der Waals surface area contributed by atoms with Gasteiger partial charge in [0.25, 0.3) is 0 Å². The summed E-state index contributed by atoms with van der Waals surface area (Å²) in [6.07, 6.45) is 3.43. The van der Waals surface area contributed by atoms with Crippen LogP contribution in [0, 0.1) is 6.92 Å². The van der Waals surface area contributed by atoms with Crippen LogP contribution in [0.1, 0.15) is 11.1 Å². The number of aryl methyl sites for hydroxylation is 1. The second kappa shape index (κ2) is 5.78. The molecule has 6 nitrogen and oxygen atoms in total. The molecule has 2 N–H and O–H groups in total. The lowest BCUT2D eigenvalue weighted by atomic mass is 10.2. The molecule has 2 rings (SSSR count). The summed E-state index contributed by atoms with van der Waals surface area (Å²) >= 11 is 3.28. The van der Waals surface area contributed by atoms with E-state index in [2.05, 4.69) is 21.0 Å². The first-order valence-corrected chi connectivity index (χ1v) is 8.44. The van der Waals surface area contributed by atoms with Crippen LogP contribution in [-0.2, 0) is 23.6 Å². The van der Waals surface area contributed by atoms with Gasteiger partial charge in [0, 0.05) is 42.6 Å². The number of nitrogens with zero attached hydrogens (tertiary/aromatic N) is 3. The van der Waals surface area contributed by atoms with Gasteiger partial charge in [-0.05, 0) is 24.6 Å². The Labute approximate surface area is 132 Å². The van der Waals surface area contributed by atoms with Crippen molar-refractivity contribution >= 4 is 31.6 Å². The Kier molecular flexibility index (Phi) is 4.40. The lowest BCUT2D eigenvalue weighted by Gasteiger charge is -2.19. The maximum atomic E-state index is 12.7. The number of benzene rings is 1. The lowest BCUT2D eigenvalue weighted by molar-refractivity contribution is 0.466. The molecule has 0 saturated carbocycles. The molecule has 0 bridgehead atoms. The fourth-order valence-corrected chi connectivity index (χ4v) is 4.07. The third-order valence-corrected chi connectivity index (χ3v) is 5.60. The van der Waals surface area contributed by atoms with E-state index in [0.717, 1.165) is 5.56 Å². The summed E-state index contributed by atoms with van der Waals surface area (Å²) in [6, 6.07) is 3.26. The average molecular weight is 373 g/mol. The normalized spacial score (nSPS) is 12.0. The fourth-order valence-electron chi connectivity index (χ4n) is 2.01. The predicted octanol–water partition coefficient (Wildman–Crippen LogP) is 1.89. The highest BCUT2D eigenvalue weighted by atomic mass is 79.9. The van der Waals surface area contributed by atoms with Gasteiger partial charge in [-0.1, -0.05) is 15.9 Å². The predicted molar refractivity (Wildman–Crippen MR) is 85.2 cm³/mol. The van der Waals surface area contributed by atoms with Crippen molar-refractivity contribution in [3.8, 4) is 0 Å². The number of hydrogen-bond acceptors (Lipinski definition) is 4. The Balaban J connectivity index is 2.37. The number of sulfonamides is 1. The lowest BCUT2D eigenvalue weighted by Crippen LogP contribution is -2.27. The molecule has 21 heavy (non-hydrogen) atoms. The van der Waals surface area contributed by atoms with Gasteiger partial charge in [-0.2, -0.15) is 9.40 Å². The summed E-state index contributed by atoms with van der Waals surface area (Å²) in [4.78, 5) is 0.209. The van der Waals surface area contributed by atoms with Crippen LogP contribution in [0.25, 0.3) is 0 Å². The van der Waals surface area contributed by atoms with E-state index < -0.39 is 10.0 Å². The summed E-state index contributed by atoms with van der Waals surface area (Å²) in [6.45, 7) is 1.95. The van der Waals surface area contributed by atoms with E-state index in [1.54, 1.807) is 50.2 Å². The summed E-state index contributed by atoms with van der Waals surface area (Å²) < 4.78 is 28.9. The highest BCUT2D eigenvalue weighted by Gasteiger charge is 2.24. The van der Waals surface area contributed by atoms with Crippen LogP contribution in [0.15, 0.2) is 33.9 Å². The number of halogens is 1. The van der Waals surface area contributed by atoms with Gasteiger partial charge in [-0.25, -0.2) is 8.42 Å². The standard InChI is InChI=1S/C13H17BrN4O2S/c1-9-12(15)4-11(14)5-13(9)21(19,20)18(3)8-10-6-16-17(2)7-10/h4-7H,8,15H2,1-3H3. The van der Waals surface area contributed by atoms with Gasteiger partial charge < -0.3 is 5.73 Å². The summed E-state index contributed by atoms with van der Waals surface area (Å²) in [5.41, 5.74) is 7.67. The highest BCUT2D eigenvalue weighted by Crippen LogP contribution is 2.28. The smallest absolute Gasteiger partial charge is 0.243 e. The molecule has 0 atom stereocenters. The van der Waals surface area contributed by atoms with E-state index in [-0.39, 0.29) is 11.4 Å². The van der Waals surface area contributed by atoms with Gasteiger partial charge in [0.2, 0.25) is 10.0 Å². The summed E-state index contributed by atoms with van der Waals surface area (Å²) in [5, 5.41) is 4.04. The van der Waals surface area contributed by atoms with Gasteiger partial charge >= 0.3 is 0 Å². The van der Waals surface area contributed by atoms with Crippen molar-refractivity contribution in [1.82, 2.24) is 14.1 Å². The van der Waals surface area contributed by atoms with Crippen molar-refractivity contribution in [2.45, 2.75) is 18.4 Å². The second-order valence-corrected chi connectivity index (χ2v) is 7.83. The molecule has 0 spiro atoms. The molecule has 0 aliphatic carbocycles. The maximum absolute atomic E-state index is 12.7. The summed E-state index contributed by atoms with van der Waals surface area (Å²) in [5.74, 6) is 0. The molecule has 0 aliphatic heterocycles. The zero-order valence-electron chi connectivity index (χ0n) is 12.0. The number of rotatable bonds is 4. The van der Waals surface area contributed by atoms with E-state index in [4.69, 9.17) is 5.73 Å². The zero-order valence-corrected chi connectivity index (χ0v) is 14.4. The average Bonchev–Trinajstić information content (AvgIpc) is 2.79. The van der Waals surface area contributed by atoms with Gasteiger partial charge in [-0.3, -0.25) is 4.68 Å². The molecule has 1 aromatic carbocycles. The monoisotopic (exact) mass is 372 g/mol. The molecule has 8 heteroatoms. The molecule has 2 aromatic rings. The molecule has 1 aromatic heterocycles. The number of nitrogens with two attached hydrogens (primary N) is 1. The van der Waals surface area contributed by atoms with Crippen LogP contribution in [-0.4, -0.2) is 29.6 Å². The maximum Gasteiger partial charge on any atom is 0.243 e. The first kappa shape index (κ1) is 16.0. The molecular formula is C13H17BrN4O2S. The van der Waals surface area contributed by atoms with Crippen LogP contribution in [0.3, 0.4) is 0 Å². The van der Waals surface area contributed by atoms with Gasteiger partial charge in [0.05, 0.1) is 11.1 Å². The second-order valence-electron chi connectivity index (χ2n) is 4.90. The molecule has 0 unspecified atom stereocenters. The van der Waals surface area contributed by atoms with Crippen LogP contribution in [0.2, 0.25) is 0 Å². The van der Waals surface area contributed by atoms with Crippen molar-refractivity contribution in [1.29, 1.82) is 0 Å². The molecule has 0 fully saturated rings. The van der Waals surface area contributed by atoms with Crippen molar-refractivity contribution < 1.29 is 8.42 Å². The van der Waals surface area contributed by atoms with Gasteiger partial charge in [0.1, 0.15) is 0 Å². The van der Waals surface area contributed by atoms with E-state index in [9.17, 15) is 8.42 Å². The van der Waals surface area contributed by atoms with Crippen LogP contribution in [0.5, 0.6) is 0 Å². The van der Waals surface area contributed by atoms with Crippen LogP contribution < -0.4 is 5.73 Å². The SMILES string of the molecule is Cc1c(N)cc(Br)cc1S(=O)(=O)N(C)Cc1cnn(C)c1. The minimum Gasteiger partial charge on any atom is -0.398 e. The zero-order chi connectivity index (χ0) is 15.8.